The summed E-state index contributed by atoms with van der Waals surface area (Å²) in [6, 6.07) is 21.5. The smallest absolute Gasteiger partial charge is 0.241 e. The van der Waals surface area contributed by atoms with Crippen LogP contribution in [0.1, 0.15) is 33.0 Å². The fourth-order valence-electron chi connectivity index (χ4n) is 5.08. The second-order valence-corrected chi connectivity index (χ2v) is 10.4. The number of benzene rings is 3. The number of nitrogens with one attached hydrogen (secondary N) is 1. The van der Waals surface area contributed by atoms with Crippen molar-refractivity contribution in [3.8, 4) is 11.1 Å². The molecule has 0 saturated heterocycles. The van der Waals surface area contributed by atoms with Crippen molar-refractivity contribution in [2.45, 2.75) is 19.9 Å². The Kier molecular flexibility index (Phi) is 6.67. The number of H-pyrrole nitrogens is 1. The molecule has 0 radical (unpaired) electrons. The van der Waals surface area contributed by atoms with Crippen molar-refractivity contribution in [3.05, 3.63) is 119 Å². The van der Waals surface area contributed by atoms with E-state index in [1.807, 2.05) is 60.0 Å². The molecule has 0 aliphatic rings. The fraction of sp³-hybridized carbons (Fsp3) is 0.152. The molecule has 1 amide bonds. The molecule has 0 spiro atoms. The number of ketones is 1. The number of aromatic nitrogens is 4. The predicted octanol–water partition coefficient (Wildman–Crippen LogP) is 5.94. The molecule has 1 N–H and O–H groups in total. The molecule has 7 nitrogen and oxygen atoms in total. The molecule has 0 saturated carbocycles. The summed E-state index contributed by atoms with van der Waals surface area (Å²) in [5, 5.41) is 0.751. The van der Waals surface area contributed by atoms with Gasteiger partial charge in [-0.2, -0.15) is 0 Å². The zero-order valence-electron chi connectivity index (χ0n) is 23.0. The summed E-state index contributed by atoms with van der Waals surface area (Å²) in [7, 11) is 3.41. The van der Waals surface area contributed by atoms with Crippen molar-refractivity contribution in [2.24, 2.45) is 0 Å². The van der Waals surface area contributed by atoms with Crippen molar-refractivity contribution in [3.63, 3.8) is 0 Å². The van der Waals surface area contributed by atoms with Crippen LogP contribution in [0.25, 0.3) is 33.1 Å². The molecule has 3 aromatic carbocycles. The van der Waals surface area contributed by atoms with E-state index in [-0.39, 0.29) is 24.1 Å². The van der Waals surface area contributed by atoms with Gasteiger partial charge in [0.25, 0.3) is 0 Å². The molecule has 6 aromatic rings. The summed E-state index contributed by atoms with van der Waals surface area (Å²) >= 11 is 0. The van der Waals surface area contributed by atoms with Gasteiger partial charge in [-0.3, -0.25) is 14.6 Å². The molecule has 3 aromatic heterocycles. The van der Waals surface area contributed by atoms with Crippen LogP contribution in [0.5, 0.6) is 0 Å². The Bertz CT molecular complexity index is 1920. The lowest BCUT2D eigenvalue weighted by atomic mass is 9.98. The van der Waals surface area contributed by atoms with Crippen molar-refractivity contribution in [1.29, 1.82) is 0 Å². The number of aryl methyl sites for hydroxylation is 1. The third-order valence-electron chi connectivity index (χ3n) is 7.29. The van der Waals surface area contributed by atoms with Gasteiger partial charge in [0.15, 0.2) is 5.78 Å². The molecule has 0 bridgehead atoms. The maximum atomic E-state index is 13.8. The Morgan fingerprint density at radius 3 is 2.41 bits per heavy atom. The number of hydrogen-bond acceptors (Lipinski definition) is 4. The van der Waals surface area contributed by atoms with Gasteiger partial charge in [-0.05, 0) is 47.9 Å². The molecule has 0 fully saturated rings. The second kappa shape index (κ2) is 10.5. The largest absolute Gasteiger partial charge is 0.347 e. The molecule has 0 aliphatic heterocycles. The number of carbonyl (C=O) groups is 2. The van der Waals surface area contributed by atoms with Crippen LogP contribution in [0.2, 0.25) is 0 Å². The Morgan fingerprint density at radius 1 is 0.951 bits per heavy atom. The summed E-state index contributed by atoms with van der Waals surface area (Å²) in [5.41, 5.74) is 7.24. The maximum Gasteiger partial charge on any atom is 0.241 e. The third kappa shape index (κ3) is 5.12. The van der Waals surface area contributed by atoms with E-state index in [0.29, 0.717) is 17.5 Å². The topological polar surface area (TPSA) is 83.9 Å². The average molecular weight is 546 g/mol. The van der Waals surface area contributed by atoms with Crippen LogP contribution >= 0.6 is 0 Å². The number of amides is 1. The fourth-order valence-corrected chi connectivity index (χ4v) is 5.08. The lowest BCUT2D eigenvalue weighted by Gasteiger charge is -2.12. The minimum Gasteiger partial charge on any atom is -0.347 e. The SMILES string of the molecule is Cc1nc2c(Cc3ccc(C(=O)c4cn(CC(=O)N(C)C)c5cc(-c6ccc(F)cc6)ccc45)cc3)nccc2[nH]1. The lowest BCUT2D eigenvalue weighted by Crippen LogP contribution is -2.25. The Balaban J connectivity index is 1.33. The van der Waals surface area contributed by atoms with Gasteiger partial charge >= 0.3 is 0 Å². The van der Waals surface area contributed by atoms with Gasteiger partial charge < -0.3 is 14.5 Å². The van der Waals surface area contributed by atoms with Gasteiger partial charge in [-0.1, -0.05) is 48.5 Å². The number of likely N-dealkylation sites (N-methyl/N-ethyl adjacent to an activating group) is 1. The van der Waals surface area contributed by atoms with E-state index < -0.39 is 0 Å². The standard InChI is InChI=1S/C33H28FN5O2/c1-20-36-28-14-15-35-29(32(28)37-20)16-21-4-6-23(7-5-21)33(41)27-18-39(19-31(40)38(2)3)30-17-24(10-13-26(27)30)22-8-11-25(34)12-9-22/h4-15,17-18H,16,19H2,1-3H3,(H,36,37). The normalized spacial score (nSPS) is 11.3. The van der Waals surface area contributed by atoms with Gasteiger partial charge in [0.1, 0.15) is 23.7 Å². The minimum atomic E-state index is -0.307. The molecule has 0 unspecified atom stereocenters. The molecule has 0 atom stereocenters. The number of nitrogens with zero attached hydrogens (tertiary/aromatic N) is 4. The Morgan fingerprint density at radius 2 is 1.68 bits per heavy atom. The van der Waals surface area contributed by atoms with Gasteiger partial charge in [0, 0.05) is 54.9 Å². The average Bonchev–Trinajstić information content (AvgIpc) is 3.53. The van der Waals surface area contributed by atoms with Gasteiger partial charge in [0.2, 0.25) is 5.91 Å². The highest BCUT2D eigenvalue weighted by Crippen LogP contribution is 2.30. The summed E-state index contributed by atoms with van der Waals surface area (Å²) in [6.07, 6.45) is 4.11. The van der Waals surface area contributed by atoms with E-state index in [9.17, 15) is 14.0 Å². The summed E-state index contributed by atoms with van der Waals surface area (Å²) in [5.74, 6) is 0.313. The van der Waals surface area contributed by atoms with Crippen LogP contribution in [0.15, 0.2) is 85.2 Å². The van der Waals surface area contributed by atoms with Crippen LogP contribution < -0.4 is 0 Å². The van der Waals surface area contributed by atoms with Crippen molar-refractivity contribution < 1.29 is 14.0 Å². The Hall–Kier alpha value is -5.11. The number of fused-ring (bicyclic) bond motifs is 2. The summed E-state index contributed by atoms with van der Waals surface area (Å²) in [4.78, 5) is 40.2. The van der Waals surface area contributed by atoms with Crippen LogP contribution in [0.3, 0.4) is 0 Å². The molecule has 8 heteroatoms. The quantitative estimate of drug-likeness (QED) is 0.252. The first kappa shape index (κ1) is 26.1. The van der Waals surface area contributed by atoms with Crippen molar-refractivity contribution in [2.75, 3.05) is 14.1 Å². The number of halogens is 1. The van der Waals surface area contributed by atoms with Crippen LogP contribution in [-0.4, -0.2) is 50.2 Å². The van der Waals surface area contributed by atoms with E-state index in [1.54, 1.807) is 38.6 Å². The van der Waals surface area contributed by atoms with Gasteiger partial charge in [-0.25, -0.2) is 9.37 Å². The van der Waals surface area contributed by atoms with E-state index in [0.717, 1.165) is 50.1 Å². The zero-order valence-corrected chi connectivity index (χ0v) is 23.0. The third-order valence-corrected chi connectivity index (χ3v) is 7.29. The first-order chi connectivity index (χ1) is 19.8. The maximum absolute atomic E-state index is 13.8. The van der Waals surface area contributed by atoms with Gasteiger partial charge in [0.05, 0.1) is 11.2 Å². The Labute approximate surface area is 236 Å². The highest BCUT2D eigenvalue weighted by molar-refractivity contribution is 6.17. The molecule has 0 aliphatic carbocycles. The van der Waals surface area contributed by atoms with E-state index in [1.165, 1.54) is 17.0 Å². The highest BCUT2D eigenvalue weighted by Gasteiger charge is 2.19. The predicted molar refractivity (Wildman–Crippen MR) is 157 cm³/mol. The number of rotatable bonds is 7. The molecule has 41 heavy (non-hydrogen) atoms. The monoisotopic (exact) mass is 545 g/mol. The minimum absolute atomic E-state index is 0.0897. The van der Waals surface area contributed by atoms with E-state index >= 15 is 0 Å². The van der Waals surface area contributed by atoms with Crippen molar-refractivity contribution in [1.82, 2.24) is 24.4 Å². The molecule has 3 heterocycles. The highest BCUT2D eigenvalue weighted by atomic mass is 19.1. The number of pyridine rings is 1. The zero-order chi connectivity index (χ0) is 28.7. The van der Waals surface area contributed by atoms with E-state index in [4.69, 9.17) is 0 Å². The number of hydrogen-bond donors (Lipinski definition) is 1. The lowest BCUT2D eigenvalue weighted by molar-refractivity contribution is -0.129. The molecular formula is C33H28FN5O2. The van der Waals surface area contributed by atoms with E-state index in [2.05, 4.69) is 15.0 Å². The first-order valence-electron chi connectivity index (χ1n) is 13.3. The van der Waals surface area contributed by atoms with Crippen LogP contribution in [-0.2, 0) is 17.8 Å². The summed E-state index contributed by atoms with van der Waals surface area (Å²) < 4.78 is 15.3. The van der Waals surface area contributed by atoms with Crippen LogP contribution in [0.4, 0.5) is 4.39 Å². The molecular weight excluding hydrogens is 517 g/mol. The summed E-state index contributed by atoms with van der Waals surface area (Å²) in [6.45, 7) is 2.01. The van der Waals surface area contributed by atoms with Crippen LogP contribution in [0, 0.1) is 12.7 Å². The first-order valence-corrected chi connectivity index (χ1v) is 13.3. The molecule has 6 rings (SSSR count). The number of carbonyl (C=O) groups excluding carboxylic acids is 2. The van der Waals surface area contributed by atoms with Crippen molar-refractivity contribution >= 4 is 33.6 Å². The number of imidazole rings is 1. The second-order valence-electron chi connectivity index (χ2n) is 10.4. The van der Waals surface area contributed by atoms with Gasteiger partial charge in [-0.15, -0.1) is 0 Å². The molecule has 204 valence electrons. The number of aromatic amines is 1.